The zero-order chi connectivity index (χ0) is 32.7. The molecule has 1 saturated heterocycles. The van der Waals surface area contributed by atoms with E-state index in [1.807, 2.05) is 4.90 Å². The molecule has 0 saturated carbocycles. The summed E-state index contributed by atoms with van der Waals surface area (Å²) in [6, 6.07) is 5.23. The number of imidazole rings is 1. The average molecular weight is 712 g/mol. The first-order chi connectivity index (χ1) is 21.0. The van der Waals surface area contributed by atoms with Gasteiger partial charge in [-0.1, -0.05) is 27.5 Å². The number of benzene rings is 1. The van der Waals surface area contributed by atoms with Gasteiger partial charge in [-0.25, -0.2) is 24.5 Å². The van der Waals surface area contributed by atoms with Gasteiger partial charge in [0.2, 0.25) is 0 Å². The van der Waals surface area contributed by atoms with Crippen molar-refractivity contribution in [1.29, 1.82) is 0 Å². The maximum absolute atomic E-state index is 13.7. The van der Waals surface area contributed by atoms with Crippen molar-refractivity contribution >= 4 is 62.4 Å². The van der Waals surface area contributed by atoms with Crippen molar-refractivity contribution in [2.45, 2.75) is 51.1 Å². The van der Waals surface area contributed by atoms with Crippen molar-refractivity contribution in [2.75, 3.05) is 23.3 Å². The molecule has 3 aromatic heterocycles. The smallest absolute Gasteiger partial charge is 0.416 e. The van der Waals surface area contributed by atoms with E-state index in [4.69, 9.17) is 21.4 Å². The fourth-order valence-corrected chi connectivity index (χ4v) is 6.07. The first-order valence-corrected chi connectivity index (χ1v) is 14.7. The monoisotopic (exact) mass is 710 g/mol. The van der Waals surface area contributed by atoms with E-state index in [-0.39, 0.29) is 36.5 Å². The van der Waals surface area contributed by atoms with Crippen LogP contribution in [0.25, 0.3) is 11.2 Å². The van der Waals surface area contributed by atoms with E-state index in [1.165, 1.54) is 12.7 Å². The van der Waals surface area contributed by atoms with Crippen molar-refractivity contribution in [3.8, 4) is 0 Å². The van der Waals surface area contributed by atoms with Crippen molar-refractivity contribution in [1.82, 2.24) is 29.8 Å². The van der Waals surface area contributed by atoms with Crippen LogP contribution in [0.4, 0.5) is 34.3 Å². The first kappa shape index (κ1) is 32.2. The average Bonchev–Trinajstić information content (AvgIpc) is 3.54. The van der Waals surface area contributed by atoms with Gasteiger partial charge in [0, 0.05) is 40.0 Å². The minimum Gasteiger partial charge on any atom is -0.465 e. The van der Waals surface area contributed by atoms with E-state index in [0.717, 1.165) is 23.9 Å². The summed E-state index contributed by atoms with van der Waals surface area (Å²) < 4.78 is 48.9. The molecule has 0 bridgehead atoms. The Labute approximate surface area is 268 Å². The predicted octanol–water partition coefficient (Wildman–Crippen LogP) is 6.42. The summed E-state index contributed by atoms with van der Waals surface area (Å²) in [4.78, 5) is 42.9. The molecule has 1 aliphatic rings. The normalized spacial score (nSPS) is 17.0. The summed E-state index contributed by atoms with van der Waals surface area (Å²) in [7, 11) is 0. The lowest BCUT2D eigenvalue weighted by atomic mass is 9.92. The summed E-state index contributed by atoms with van der Waals surface area (Å²) >= 11 is 10.1. The molecule has 1 aliphatic heterocycles. The number of pyridine rings is 1. The third-order valence-corrected chi connectivity index (χ3v) is 7.95. The number of amides is 2. The van der Waals surface area contributed by atoms with Gasteiger partial charge in [-0.3, -0.25) is 10.3 Å². The molecule has 45 heavy (non-hydrogen) atoms. The number of hydrogen-bond acceptors (Lipinski definition) is 8. The molecule has 5 rings (SSSR count). The highest BCUT2D eigenvalue weighted by atomic mass is 79.9. The third-order valence-electron chi connectivity index (χ3n) is 7.02. The Bertz CT molecular complexity index is 1780. The number of aromatic nitrogens is 5. The van der Waals surface area contributed by atoms with Crippen LogP contribution in [0, 0.1) is 0 Å². The molecule has 12 nitrogen and oxygen atoms in total. The van der Waals surface area contributed by atoms with Gasteiger partial charge in [0.15, 0.2) is 17.0 Å². The van der Waals surface area contributed by atoms with Crippen LogP contribution in [-0.2, 0) is 23.0 Å². The van der Waals surface area contributed by atoms with Gasteiger partial charge in [-0.15, -0.1) is 0 Å². The molecule has 238 valence electrons. The van der Waals surface area contributed by atoms with E-state index < -0.39 is 35.1 Å². The number of carboxylic acid groups (broad SMARTS) is 1. The van der Waals surface area contributed by atoms with E-state index in [1.54, 1.807) is 37.5 Å². The van der Waals surface area contributed by atoms with Crippen LogP contribution in [0.1, 0.15) is 44.0 Å². The Morgan fingerprint density at radius 1 is 1.16 bits per heavy atom. The molecule has 17 heteroatoms. The number of alkyl halides is 3. The topological polar surface area (TPSA) is 147 Å². The second-order valence-corrected chi connectivity index (χ2v) is 12.7. The number of nitrogens with zero attached hydrogens (tertiary/aromatic N) is 6. The second-order valence-electron chi connectivity index (χ2n) is 11.4. The molecular formula is C28H27BrClF3N8O4. The molecule has 1 aromatic carbocycles. The van der Waals surface area contributed by atoms with E-state index in [2.05, 4.69) is 46.5 Å². The quantitative estimate of drug-likeness (QED) is 0.206. The van der Waals surface area contributed by atoms with E-state index in [9.17, 15) is 22.8 Å². The third kappa shape index (κ3) is 7.06. The number of ether oxygens (including phenoxy) is 1. The van der Waals surface area contributed by atoms with Crippen molar-refractivity contribution < 1.29 is 32.6 Å². The minimum atomic E-state index is -4.62. The molecule has 0 spiro atoms. The van der Waals surface area contributed by atoms with Crippen LogP contribution in [0.15, 0.2) is 47.6 Å². The second kappa shape index (κ2) is 12.0. The van der Waals surface area contributed by atoms with Crippen LogP contribution in [-0.4, -0.2) is 60.5 Å². The molecule has 1 unspecified atom stereocenters. The Morgan fingerprint density at radius 2 is 1.91 bits per heavy atom. The Hall–Kier alpha value is -4.18. The summed E-state index contributed by atoms with van der Waals surface area (Å²) in [5, 5.41) is 14.6. The molecule has 1 atom stereocenters. The molecule has 3 N–H and O–H groups in total. The highest BCUT2D eigenvalue weighted by Crippen LogP contribution is 2.41. The Balaban J connectivity index is 1.54. The van der Waals surface area contributed by atoms with Gasteiger partial charge < -0.3 is 24.6 Å². The Morgan fingerprint density at radius 3 is 2.60 bits per heavy atom. The van der Waals surface area contributed by atoms with Crippen LogP contribution < -0.4 is 15.5 Å². The number of rotatable bonds is 6. The fourth-order valence-electron chi connectivity index (χ4n) is 5.15. The molecule has 0 aliphatic carbocycles. The number of carbonyl (C=O) groups excluding carboxylic acids is 1. The minimum absolute atomic E-state index is 0.0211. The van der Waals surface area contributed by atoms with Crippen LogP contribution >= 0.6 is 27.5 Å². The zero-order valence-electron chi connectivity index (χ0n) is 24.1. The number of hydrogen-bond donors (Lipinski definition) is 3. The van der Waals surface area contributed by atoms with Crippen LogP contribution in [0.5, 0.6) is 0 Å². The molecule has 0 radical (unpaired) electrons. The van der Waals surface area contributed by atoms with Crippen molar-refractivity contribution in [3.63, 3.8) is 0 Å². The van der Waals surface area contributed by atoms with Gasteiger partial charge in [-0.05, 0) is 51.5 Å². The lowest BCUT2D eigenvalue weighted by Gasteiger charge is -2.32. The summed E-state index contributed by atoms with van der Waals surface area (Å²) in [5.41, 5.74) is -1.11. The van der Waals surface area contributed by atoms with Crippen LogP contribution in [0.3, 0.4) is 0 Å². The molecule has 4 aromatic rings. The van der Waals surface area contributed by atoms with Gasteiger partial charge in [0.25, 0.3) is 0 Å². The van der Waals surface area contributed by atoms with Crippen molar-refractivity contribution in [3.05, 3.63) is 69.4 Å². The highest BCUT2D eigenvalue weighted by Gasteiger charge is 2.45. The number of alkyl carbamates (subject to hydrolysis) is 1. The standard InChI is InChI=1S/C28H27BrClF3N8O4/c1-26(2,3)45-25(44)39-27(20-8-15(4-6-34-20)28(31,32)33)5-7-40(12-27)19-10-16(30)9-18(29)17(19)11-41-14-37-21-22(38-24(42)43)35-13-36-23(21)41/h4,6,8-10,13-14H,5,7,11-12H2,1-3H3,(H,39,44)(H,42,43)(H,35,36,38). The van der Waals surface area contributed by atoms with Gasteiger partial charge in [0.05, 0.1) is 24.1 Å². The number of fused-ring (bicyclic) bond motifs is 1. The fraction of sp³-hybridized carbons (Fsp3) is 0.357. The maximum atomic E-state index is 13.7. The van der Waals surface area contributed by atoms with Gasteiger partial charge in [0.1, 0.15) is 17.5 Å². The van der Waals surface area contributed by atoms with E-state index in [0.29, 0.717) is 27.4 Å². The lowest BCUT2D eigenvalue weighted by Crippen LogP contribution is -2.50. The van der Waals surface area contributed by atoms with E-state index >= 15 is 0 Å². The highest BCUT2D eigenvalue weighted by molar-refractivity contribution is 9.10. The van der Waals surface area contributed by atoms with Gasteiger partial charge >= 0.3 is 18.4 Å². The first-order valence-electron chi connectivity index (χ1n) is 13.5. The number of halogens is 5. The van der Waals surface area contributed by atoms with Crippen molar-refractivity contribution in [2.24, 2.45) is 0 Å². The lowest BCUT2D eigenvalue weighted by molar-refractivity contribution is -0.137. The predicted molar refractivity (Wildman–Crippen MR) is 162 cm³/mol. The summed E-state index contributed by atoms with van der Waals surface area (Å²) in [5.74, 6) is 0.0211. The molecule has 2 amide bonds. The van der Waals surface area contributed by atoms with Crippen LogP contribution in [0.2, 0.25) is 5.02 Å². The zero-order valence-corrected chi connectivity index (χ0v) is 26.5. The number of nitrogens with one attached hydrogen (secondary N) is 2. The molecular weight excluding hydrogens is 685 g/mol. The van der Waals surface area contributed by atoms with Gasteiger partial charge in [-0.2, -0.15) is 13.2 Å². The Kier molecular flexibility index (Phi) is 8.57. The molecule has 1 fully saturated rings. The largest absolute Gasteiger partial charge is 0.465 e. The number of anilines is 2. The summed E-state index contributed by atoms with van der Waals surface area (Å²) in [6.45, 7) is 5.60. The molecule has 4 heterocycles. The number of carbonyl (C=O) groups is 2. The summed E-state index contributed by atoms with van der Waals surface area (Å²) in [6.07, 6.45) is -2.75. The SMILES string of the molecule is CC(C)(C)OC(=O)NC1(c2cc(C(F)(F)F)ccn2)CCN(c2cc(Cl)cc(Br)c2Cn2cnc3c(NC(=O)O)ncnc32)C1. The maximum Gasteiger partial charge on any atom is 0.416 e.